The van der Waals surface area contributed by atoms with Gasteiger partial charge < -0.3 is 19.7 Å². The van der Waals surface area contributed by atoms with Gasteiger partial charge in [0.25, 0.3) is 5.91 Å². The molecule has 0 unspecified atom stereocenters. The number of benzene rings is 1. The van der Waals surface area contributed by atoms with Gasteiger partial charge in [-0.25, -0.2) is 9.37 Å². The number of aryl methyl sites for hydroxylation is 1. The Morgan fingerprint density at radius 2 is 2.11 bits per heavy atom. The van der Waals surface area contributed by atoms with Crippen LogP contribution in [0.15, 0.2) is 30.3 Å². The lowest BCUT2D eigenvalue weighted by Gasteiger charge is -2.31. The van der Waals surface area contributed by atoms with Gasteiger partial charge in [-0.15, -0.1) is 10.2 Å². The Morgan fingerprint density at radius 3 is 2.89 bits per heavy atom. The van der Waals surface area contributed by atoms with Crippen molar-refractivity contribution in [2.24, 2.45) is 0 Å². The largest absolute Gasteiger partial charge is 0.494 e. The monoisotopic (exact) mass is 483 g/mol. The first kappa shape index (κ1) is 24.2. The first-order valence-electron chi connectivity index (χ1n) is 11.1. The highest BCUT2D eigenvalue weighted by molar-refractivity contribution is 5.93. The van der Waals surface area contributed by atoms with Crippen molar-refractivity contribution in [1.82, 2.24) is 35.4 Å². The first-order valence-corrected chi connectivity index (χ1v) is 11.1. The summed E-state index contributed by atoms with van der Waals surface area (Å²) in [7, 11) is 1.38. The van der Waals surface area contributed by atoms with Gasteiger partial charge in [0.15, 0.2) is 11.6 Å². The smallest absolute Gasteiger partial charge is 0.270 e. The molecule has 1 aromatic carbocycles. The maximum atomic E-state index is 13.6. The molecule has 0 bridgehead atoms. The molecule has 1 fully saturated rings. The van der Waals surface area contributed by atoms with Crippen LogP contribution in [0.2, 0.25) is 0 Å². The predicted octanol–water partition coefficient (Wildman–Crippen LogP) is 1.37. The molecule has 0 aliphatic carbocycles. The molecule has 12 heteroatoms. The van der Waals surface area contributed by atoms with Gasteiger partial charge in [0.05, 0.1) is 26.4 Å². The highest BCUT2D eigenvalue weighted by Crippen LogP contribution is 2.19. The number of amides is 2. The number of methoxy groups -OCH3 is 1. The molecular weight excluding hydrogens is 457 g/mol. The third-order valence-corrected chi connectivity index (χ3v) is 5.52. The van der Waals surface area contributed by atoms with Crippen molar-refractivity contribution < 1.29 is 23.5 Å². The van der Waals surface area contributed by atoms with E-state index in [0.717, 1.165) is 0 Å². The van der Waals surface area contributed by atoms with E-state index in [1.807, 2.05) is 0 Å². The summed E-state index contributed by atoms with van der Waals surface area (Å²) in [5.41, 5.74) is 2.08. The van der Waals surface area contributed by atoms with Crippen molar-refractivity contribution in [3.05, 3.63) is 53.1 Å². The first-order chi connectivity index (χ1) is 16.8. The Labute approximate surface area is 201 Å². The fraction of sp³-hybridized carbons (Fsp3) is 0.391. The standard InChI is InChI=1S/C23H26FN7O4/c1-14-8-17(22-27-29-31(28-22)13-18-12-30(15(2)32)6-7-35-18)10-20(26-14)23(33)25-11-16-4-5-19(24)21(9-16)34-3/h4-5,8-10,18H,6-7,11-13H2,1-3H3,(H,25,33)/t18-/m0/s1. The number of pyridine rings is 1. The van der Waals surface area contributed by atoms with Gasteiger partial charge in [-0.05, 0) is 42.0 Å². The number of nitrogens with zero attached hydrogens (tertiary/aromatic N) is 6. The Morgan fingerprint density at radius 1 is 1.29 bits per heavy atom. The van der Waals surface area contributed by atoms with E-state index in [0.29, 0.717) is 48.9 Å². The summed E-state index contributed by atoms with van der Waals surface area (Å²) in [6.45, 7) is 5.30. The van der Waals surface area contributed by atoms with E-state index < -0.39 is 11.7 Å². The van der Waals surface area contributed by atoms with Crippen LogP contribution in [-0.4, -0.2) is 74.8 Å². The van der Waals surface area contributed by atoms with Crippen LogP contribution in [-0.2, 0) is 22.6 Å². The third kappa shape index (κ3) is 5.96. The molecule has 35 heavy (non-hydrogen) atoms. The summed E-state index contributed by atoms with van der Waals surface area (Å²) >= 11 is 0. The van der Waals surface area contributed by atoms with E-state index in [9.17, 15) is 14.0 Å². The Bertz CT molecular complexity index is 1230. The molecular formula is C23H26FN7O4. The second kappa shape index (κ2) is 10.6. The normalized spacial score (nSPS) is 15.7. The van der Waals surface area contributed by atoms with Crippen LogP contribution in [0.1, 0.15) is 28.7 Å². The maximum absolute atomic E-state index is 13.6. The zero-order valence-corrected chi connectivity index (χ0v) is 19.7. The van der Waals surface area contributed by atoms with Crippen LogP contribution in [0.5, 0.6) is 5.75 Å². The van der Waals surface area contributed by atoms with Gasteiger partial charge in [-0.3, -0.25) is 9.59 Å². The van der Waals surface area contributed by atoms with E-state index in [2.05, 4.69) is 25.7 Å². The average molecular weight is 484 g/mol. The van der Waals surface area contributed by atoms with Crippen molar-refractivity contribution in [2.75, 3.05) is 26.8 Å². The Hall–Kier alpha value is -3.93. The van der Waals surface area contributed by atoms with Gasteiger partial charge in [0.2, 0.25) is 11.7 Å². The number of tetrazole rings is 1. The molecule has 1 atom stereocenters. The molecule has 0 saturated carbocycles. The van der Waals surface area contributed by atoms with Crippen LogP contribution >= 0.6 is 0 Å². The lowest BCUT2D eigenvalue weighted by atomic mass is 10.1. The Balaban J connectivity index is 1.43. The number of morpholine rings is 1. The molecule has 184 valence electrons. The summed E-state index contributed by atoms with van der Waals surface area (Å²) in [5, 5.41) is 15.4. The minimum atomic E-state index is -0.473. The fourth-order valence-corrected chi connectivity index (χ4v) is 3.74. The van der Waals surface area contributed by atoms with Crippen molar-refractivity contribution in [1.29, 1.82) is 0 Å². The second-order valence-corrected chi connectivity index (χ2v) is 8.16. The molecule has 1 aliphatic rings. The van der Waals surface area contributed by atoms with Crippen LogP contribution in [0, 0.1) is 12.7 Å². The van der Waals surface area contributed by atoms with Crippen LogP contribution in [0.3, 0.4) is 0 Å². The molecule has 3 heterocycles. The van der Waals surface area contributed by atoms with E-state index in [-0.39, 0.29) is 30.0 Å². The summed E-state index contributed by atoms with van der Waals surface area (Å²) in [4.78, 5) is 31.8. The van der Waals surface area contributed by atoms with Crippen LogP contribution in [0.4, 0.5) is 4.39 Å². The maximum Gasteiger partial charge on any atom is 0.270 e. The van der Waals surface area contributed by atoms with Gasteiger partial charge in [0, 0.05) is 37.8 Å². The summed E-state index contributed by atoms with van der Waals surface area (Å²) in [5.74, 6) is -0.423. The molecule has 1 saturated heterocycles. The summed E-state index contributed by atoms with van der Waals surface area (Å²) < 4.78 is 24.3. The molecule has 1 N–H and O–H groups in total. The van der Waals surface area contributed by atoms with Crippen LogP contribution in [0.25, 0.3) is 11.4 Å². The van der Waals surface area contributed by atoms with Crippen molar-refractivity contribution in [3.63, 3.8) is 0 Å². The predicted molar refractivity (Wildman–Crippen MR) is 122 cm³/mol. The van der Waals surface area contributed by atoms with Gasteiger partial charge >= 0.3 is 0 Å². The highest BCUT2D eigenvalue weighted by atomic mass is 19.1. The number of aromatic nitrogens is 5. The van der Waals surface area contributed by atoms with E-state index in [4.69, 9.17) is 9.47 Å². The number of carbonyl (C=O) groups excluding carboxylic acids is 2. The minimum Gasteiger partial charge on any atom is -0.494 e. The third-order valence-electron chi connectivity index (χ3n) is 5.52. The van der Waals surface area contributed by atoms with Crippen LogP contribution < -0.4 is 10.1 Å². The molecule has 11 nitrogen and oxygen atoms in total. The number of nitrogens with one attached hydrogen (secondary N) is 1. The molecule has 4 rings (SSSR count). The molecule has 1 aliphatic heterocycles. The number of hydrogen-bond acceptors (Lipinski definition) is 8. The quantitative estimate of drug-likeness (QED) is 0.534. The highest BCUT2D eigenvalue weighted by Gasteiger charge is 2.23. The number of halogens is 1. The molecule has 2 amide bonds. The molecule has 3 aromatic rings. The minimum absolute atomic E-state index is 0.00201. The van der Waals surface area contributed by atoms with Gasteiger partial charge in [-0.1, -0.05) is 6.07 Å². The summed E-state index contributed by atoms with van der Waals surface area (Å²) in [6.07, 6.45) is -0.236. The van der Waals surface area contributed by atoms with E-state index >= 15 is 0 Å². The Kier molecular flexibility index (Phi) is 7.30. The van der Waals surface area contributed by atoms with Crippen molar-refractivity contribution >= 4 is 11.8 Å². The number of ether oxygens (including phenoxy) is 2. The average Bonchev–Trinajstić information content (AvgIpc) is 3.31. The zero-order valence-electron chi connectivity index (χ0n) is 19.7. The number of rotatable bonds is 7. The lowest BCUT2D eigenvalue weighted by molar-refractivity contribution is -0.137. The molecule has 2 aromatic heterocycles. The SMILES string of the molecule is COc1cc(CNC(=O)c2cc(-c3nnn(C[C@@H]4CN(C(C)=O)CCO4)n3)cc(C)n2)ccc1F. The summed E-state index contributed by atoms with van der Waals surface area (Å²) in [6, 6.07) is 7.73. The topological polar surface area (TPSA) is 124 Å². The van der Waals surface area contributed by atoms with E-state index in [1.54, 1.807) is 30.0 Å². The number of hydrogen-bond donors (Lipinski definition) is 1. The lowest BCUT2D eigenvalue weighted by Crippen LogP contribution is -2.46. The molecule has 0 radical (unpaired) electrons. The second-order valence-electron chi connectivity index (χ2n) is 8.16. The molecule has 0 spiro atoms. The van der Waals surface area contributed by atoms with Crippen molar-refractivity contribution in [3.8, 4) is 17.1 Å². The van der Waals surface area contributed by atoms with Crippen molar-refractivity contribution in [2.45, 2.75) is 33.0 Å². The number of carbonyl (C=O) groups is 2. The zero-order chi connectivity index (χ0) is 24.9. The van der Waals surface area contributed by atoms with E-state index in [1.165, 1.54) is 31.0 Å². The van der Waals surface area contributed by atoms with Gasteiger partial charge in [-0.2, -0.15) is 4.80 Å². The van der Waals surface area contributed by atoms with Gasteiger partial charge in [0.1, 0.15) is 5.69 Å². The fourth-order valence-electron chi connectivity index (χ4n) is 3.74.